The van der Waals surface area contributed by atoms with E-state index in [2.05, 4.69) is 10.1 Å². The lowest BCUT2D eigenvalue weighted by Crippen LogP contribution is -2.37. The number of carbonyl (C=O) groups is 2. The number of aromatic nitrogens is 1. The van der Waals surface area contributed by atoms with Crippen molar-refractivity contribution < 1.29 is 32.2 Å². The van der Waals surface area contributed by atoms with Gasteiger partial charge >= 0.3 is 12.5 Å². The summed E-state index contributed by atoms with van der Waals surface area (Å²) >= 11 is 0. The maximum atomic E-state index is 12.5. The van der Waals surface area contributed by atoms with Crippen LogP contribution in [0.4, 0.5) is 18.0 Å². The van der Waals surface area contributed by atoms with E-state index in [-0.39, 0.29) is 17.7 Å². The van der Waals surface area contributed by atoms with Gasteiger partial charge in [-0.2, -0.15) is 0 Å². The Morgan fingerprint density at radius 3 is 2.43 bits per heavy atom. The van der Waals surface area contributed by atoms with Crippen LogP contribution < -0.4 is 10.1 Å². The minimum absolute atomic E-state index is 0.0266. The van der Waals surface area contributed by atoms with Crippen LogP contribution in [0.3, 0.4) is 0 Å². The highest BCUT2D eigenvalue weighted by molar-refractivity contribution is 5.91. The van der Waals surface area contributed by atoms with Gasteiger partial charge in [0.25, 0.3) is 0 Å². The molecule has 35 heavy (non-hydrogen) atoms. The molecule has 1 amide bonds. The van der Waals surface area contributed by atoms with Crippen molar-refractivity contribution in [3.8, 4) is 11.4 Å². The quantitative estimate of drug-likeness (QED) is 0.416. The normalized spacial score (nSPS) is 18.5. The molecular weight excluding hydrogens is 461 g/mol. The molecule has 1 aromatic heterocycles. The molecule has 1 fully saturated rings. The van der Waals surface area contributed by atoms with E-state index >= 15 is 0 Å². The molecule has 4 rings (SSSR count). The predicted molar refractivity (Wildman–Crippen MR) is 125 cm³/mol. The van der Waals surface area contributed by atoms with Crippen LogP contribution in [0.25, 0.3) is 16.6 Å². The summed E-state index contributed by atoms with van der Waals surface area (Å²) in [5, 5.41) is 3.90. The second kappa shape index (κ2) is 9.28. The zero-order valence-electron chi connectivity index (χ0n) is 19.7. The molecule has 186 valence electrons. The Labute approximate surface area is 201 Å². The van der Waals surface area contributed by atoms with Gasteiger partial charge < -0.3 is 19.4 Å². The number of aldehydes is 1. The maximum Gasteiger partial charge on any atom is 0.573 e. The van der Waals surface area contributed by atoms with Gasteiger partial charge in [-0.3, -0.25) is 4.79 Å². The van der Waals surface area contributed by atoms with Crippen LogP contribution in [0.2, 0.25) is 0 Å². The summed E-state index contributed by atoms with van der Waals surface area (Å²) in [4.78, 5) is 23.6. The number of benzene rings is 2. The van der Waals surface area contributed by atoms with Gasteiger partial charge in [-0.1, -0.05) is 12.1 Å². The first kappa shape index (κ1) is 24.6. The SMILES string of the molecule is CC(C)(C)OC(=O)NC1CCC(c2cn(-c3ccc(OC(F)(F)F)cc3)c3cc(C=O)ccc23)C1. The molecule has 2 unspecified atom stereocenters. The average Bonchev–Trinajstić information content (AvgIpc) is 3.35. The fourth-order valence-electron chi connectivity index (χ4n) is 4.56. The van der Waals surface area contributed by atoms with Gasteiger partial charge in [-0.05, 0) is 81.8 Å². The van der Waals surface area contributed by atoms with Crippen molar-refractivity contribution in [2.45, 2.75) is 64.0 Å². The first-order valence-corrected chi connectivity index (χ1v) is 11.4. The summed E-state index contributed by atoms with van der Waals surface area (Å²) in [7, 11) is 0. The minimum atomic E-state index is -4.76. The maximum absolute atomic E-state index is 12.5. The molecule has 1 saturated carbocycles. The minimum Gasteiger partial charge on any atom is -0.444 e. The topological polar surface area (TPSA) is 69.6 Å². The number of carbonyl (C=O) groups excluding carboxylic acids is 2. The number of hydrogen-bond acceptors (Lipinski definition) is 4. The van der Waals surface area contributed by atoms with Gasteiger partial charge in [0.2, 0.25) is 0 Å². The van der Waals surface area contributed by atoms with Crippen molar-refractivity contribution in [1.29, 1.82) is 0 Å². The van der Waals surface area contributed by atoms with Crippen LogP contribution in [0.15, 0.2) is 48.7 Å². The smallest absolute Gasteiger partial charge is 0.444 e. The summed E-state index contributed by atoms with van der Waals surface area (Å²) in [6, 6.07) is 11.0. The molecule has 1 heterocycles. The molecule has 0 spiro atoms. The first-order chi connectivity index (χ1) is 16.4. The summed E-state index contributed by atoms with van der Waals surface area (Å²) in [5.74, 6) is -0.146. The summed E-state index contributed by atoms with van der Waals surface area (Å²) in [6.45, 7) is 5.44. The molecule has 2 atom stereocenters. The Morgan fingerprint density at radius 2 is 1.80 bits per heavy atom. The molecular formula is C26H27F3N2O4. The second-order valence-electron chi connectivity index (χ2n) is 9.74. The van der Waals surface area contributed by atoms with Crippen molar-refractivity contribution in [2.24, 2.45) is 0 Å². The Hall–Kier alpha value is -3.49. The number of nitrogens with zero attached hydrogens (tertiary/aromatic N) is 1. The van der Waals surface area contributed by atoms with Crippen molar-refractivity contribution in [3.05, 3.63) is 59.8 Å². The fraction of sp³-hybridized carbons (Fsp3) is 0.385. The molecule has 1 aliphatic rings. The summed E-state index contributed by atoms with van der Waals surface area (Å²) in [5.41, 5.74) is 2.39. The van der Waals surface area contributed by atoms with Gasteiger partial charge in [-0.15, -0.1) is 13.2 Å². The van der Waals surface area contributed by atoms with Crippen LogP contribution in [-0.4, -0.2) is 35.0 Å². The van der Waals surface area contributed by atoms with Crippen LogP contribution in [-0.2, 0) is 4.74 Å². The van der Waals surface area contributed by atoms with Gasteiger partial charge in [0.1, 0.15) is 17.6 Å². The predicted octanol–water partition coefficient (Wildman–Crippen LogP) is 6.50. The van der Waals surface area contributed by atoms with E-state index < -0.39 is 18.1 Å². The number of alkyl carbamates (subject to hydrolysis) is 1. The highest BCUT2D eigenvalue weighted by Crippen LogP contribution is 2.40. The van der Waals surface area contributed by atoms with Crippen LogP contribution in [0.1, 0.15) is 61.9 Å². The molecule has 1 N–H and O–H groups in total. The Bertz CT molecular complexity index is 1230. The molecule has 6 nitrogen and oxygen atoms in total. The Balaban J connectivity index is 1.62. The Kier molecular flexibility index (Phi) is 6.53. The molecule has 3 aromatic rings. The molecule has 1 aliphatic carbocycles. The number of fused-ring (bicyclic) bond motifs is 1. The molecule has 0 aliphatic heterocycles. The van der Waals surface area contributed by atoms with Gasteiger partial charge in [0.15, 0.2) is 0 Å². The monoisotopic (exact) mass is 488 g/mol. The average molecular weight is 489 g/mol. The van der Waals surface area contributed by atoms with Crippen molar-refractivity contribution >= 4 is 23.3 Å². The lowest BCUT2D eigenvalue weighted by Gasteiger charge is -2.21. The van der Waals surface area contributed by atoms with E-state index in [1.165, 1.54) is 12.1 Å². The molecule has 0 radical (unpaired) electrons. The highest BCUT2D eigenvalue weighted by atomic mass is 19.4. The second-order valence-corrected chi connectivity index (χ2v) is 9.74. The molecule has 2 aromatic carbocycles. The number of amides is 1. The van der Waals surface area contributed by atoms with Crippen molar-refractivity contribution in [2.75, 3.05) is 0 Å². The number of alkyl halides is 3. The molecule has 0 saturated heterocycles. The highest BCUT2D eigenvalue weighted by Gasteiger charge is 2.32. The number of halogens is 3. The third-order valence-electron chi connectivity index (χ3n) is 5.94. The first-order valence-electron chi connectivity index (χ1n) is 11.4. The lowest BCUT2D eigenvalue weighted by molar-refractivity contribution is -0.274. The number of rotatable bonds is 5. The van der Waals surface area contributed by atoms with Crippen molar-refractivity contribution in [3.63, 3.8) is 0 Å². The van der Waals surface area contributed by atoms with E-state index in [1.807, 2.05) is 37.6 Å². The van der Waals surface area contributed by atoms with Crippen molar-refractivity contribution in [1.82, 2.24) is 9.88 Å². The summed E-state index contributed by atoms with van der Waals surface area (Å²) < 4.78 is 48.8. The van der Waals surface area contributed by atoms with E-state index in [4.69, 9.17) is 4.74 Å². The van der Waals surface area contributed by atoms with Gasteiger partial charge in [0.05, 0.1) is 5.52 Å². The van der Waals surface area contributed by atoms with E-state index in [0.29, 0.717) is 11.3 Å². The van der Waals surface area contributed by atoms with Gasteiger partial charge in [-0.25, -0.2) is 4.79 Å². The summed E-state index contributed by atoms with van der Waals surface area (Å²) in [6.07, 6.45) is -0.110. The van der Waals surface area contributed by atoms with Gasteiger partial charge in [0, 0.05) is 28.9 Å². The van der Waals surface area contributed by atoms with Crippen LogP contribution in [0.5, 0.6) is 5.75 Å². The van der Waals surface area contributed by atoms with E-state index in [1.54, 1.807) is 24.3 Å². The lowest BCUT2D eigenvalue weighted by atomic mass is 9.96. The Morgan fingerprint density at radius 1 is 1.09 bits per heavy atom. The number of hydrogen-bond donors (Lipinski definition) is 1. The largest absolute Gasteiger partial charge is 0.573 e. The third-order valence-corrected chi connectivity index (χ3v) is 5.94. The van der Waals surface area contributed by atoms with Crippen LogP contribution in [0, 0.1) is 0 Å². The zero-order chi connectivity index (χ0) is 25.4. The molecule has 0 bridgehead atoms. The number of ether oxygens (including phenoxy) is 2. The fourth-order valence-corrected chi connectivity index (χ4v) is 4.56. The zero-order valence-corrected chi connectivity index (χ0v) is 19.7. The number of nitrogens with one attached hydrogen (secondary N) is 1. The standard InChI is InChI=1S/C26H27F3N2O4/c1-25(2,3)35-24(33)30-18-6-5-17(13-18)22-14-31(23-12-16(15-32)4-11-21(22)23)19-7-9-20(10-8-19)34-26(27,28)29/h4,7-12,14-15,17-18H,5-6,13H2,1-3H3,(H,30,33). The molecule has 9 heteroatoms. The van der Waals surface area contributed by atoms with E-state index in [9.17, 15) is 22.8 Å². The van der Waals surface area contributed by atoms with E-state index in [0.717, 1.165) is 42.0 Å². The van der Waals surface area contributed by atoms with Crippen LogP contribution >= 0.6 is 0 Å². The third kappa shape index (κ3) is 5.96.